The van der Waals surface area contributed by atoms with E-state index >= 15 is 0 Å². The third kappa shape index (κ3) is 17.4. The molecule has 0 saturated heterocycles. The molecule has 0 radical (unpaired) electrons. The van der Waals surface area contributed by atoms with E-state index in [1.165, 1.54) is 31.2 Å². The van der Waals surface area contributed by atoms with Gasteiger partial charge in [0, 0.05) is 11.1 Å². The monoisotopic (exact) mass is 776 g/mol. The number of thiol groups is 1. The van der Waals surface area contributed by atoms with E-state index in [9.17, 15) is 0 Å². The van der Waals surface area contributed by atoms with E-state index in [1.807, 2.05) is 74.6 Å². The normalized spacial score (nSPS) is 14.9. The molecule has 6 heteroatoms. The maximum absolute atomic E-state index is 6.36. The van der Waals surface area contributed by atoms with Crippen LogP contribution >= 0.6 is 12.6 Å². The van der Waals surface area contributed by atoms with E-state index < -0.39 is 0 Å². The first-order valence-electron chi connectivity index (χ1n) is 19.6. The summed E-state index contributed by atoms with van der Waals surface area (Å²) in [6, 6.07) is 14.3. The fourth-order valence-corrected chi connectivity index (χ4v) is 5.88. The van der Waals surface area contributed by atoms with Gasteiger partial charge >= 0.3 is 0 Å². The molecule has 2 aromatic rings. The Morgan fingerprint density at radius 2 is 1.61 bits per heavy atom. The minimum absolute atomic E-state index is 0.432. The Morgan fingerprint density at radius 1 is 0.877 bits per heavy atom. The maximum Gasteiger partial charge on any atom is 0.134 e. The molecule has 1 unspecified atom stereocenters. The van der Waals surface area contributed by atoms with Crippen molar-refractivity contribution in [2.75, 3.05) is 5.75 Å². The van der Waals surface area contributed by atoms with Crippen molar-refractivity contribution in [2.45, 2.75) is 72.1 Å². The van der Waals surface area contributed by atoms with Gasteiger partial charge in [-0.1, -0.05) is 157 Å². The molecule has 0 N–H and O–H groups in total. The van der Waals surface area contributed by atoms with Crippen molar-refractivity contribution in [1.82, 2.24) is 0 Å². The lowest BCUT2D eigenvalue weighted by Crippen LogP contribution is -2.01. The lowest BCUT2D eigenvalue weighted by molar-refractivity contribution is 0.440. The molecule has 0 fully saturated rings. The van der Waals surface area contributed by atoms with Gasteiger partial charge in [-0.25, -0.2) is 0 Å². The number of aryl methyl sites for hydroxylation is 1. The Bertz CT molecular complexity index is 2030. The first-order chi connectivity index (χ1) is 27.5. The standard InChI is InChI=1S/C51H60N4OS/c1-10-12-13-14-15-16-42(7)50-32-48(31-43(8)49(11-2)29-20-40(5)34-53-55-36-46-24-26-47(37-57)27-25-46)28-30-51(50)56-44(9)41(6)21-17-39(4)33-52-54-35-45-22-18-38(3)19-23-45/h11,17-26,28-30,32-36,47,57H,2,4,6-10,12-16,27,31,37H2,1,3,5H3/b21-17-,40-20+,49-29+,52-33+,53-34+,54-35+,55-36+. The van der Waals surface area contributed by atoms with E-state index in [0.717, 1.165) is 69.6 Å². The molecular weight excluding hydrogens is 717 g/mol. The molecule has 0 heterocycles. The second kappa shape index (κ2) is 25.5. The molecule has 0 spiro atoms. The number of benzene rings is 2. The largest absolute Gasteiger partial charge is 0.457 e. The van der Waals surface area contributed by atoms with Crippen LogP contribution in [-0.2, 0) is 6.42 Å². The molecule has 0 saturated carbocycles. The van der Waals surface area contributed by atoms with Crippen molar-refractivity contribution in [3.05, 3.63) is 192 Å². The summed E-state index contributed by atoms with van der Waals surface area (Å²) in [5.41, 5.74) is 10.4. The van der Waals surface area contributed by atoms with Crippen molar-refractivity contribution >= 4 is 43.1 Å². The molecule has 3 rings (SSSR count). The molecule has 296 valence electrons. The number of hydrogen-bond donors (Lipinski definition) is 1. The second-order valence-electron chi connectivity index (χ2n) is 14.2. The van der Waals surface area contributed by atoms with Gasteiger partial charge in [-0.05, 0) is 108 Å². The second-order valence-corrected chi connectivity index (χ2v) is 14.6. The van der Waals surface area contributed by atoms with Crippen LogP contribution in [0.3, 0.4) is 0 Å². The van der Waals surface area contributed by atoms with Gasteiger partial charge in [0.05, 0.1) is 24.9 Å². The predicted molar refractivity (Wildman–Crippen MR) is 254 cm³/mol. The first kappa shape index (κ1) is 45.8. The molecule has 5 nitrogen and oxygen atoms in total. The van der Waals surface area contributed by atoms with Crippen molar-refractivity contribution in [3.63, 3.8) is 0 Å². The summed E-state index contributed by atoms with van der Waals surface area (Å²) in [6.07, 6.45) is 31.1. The third-order valence-electron chi connectivity index (χ3n) is 9.23. The Kier molecular flexibility index (Phi) is 20.5. The van der Waals surface area contributed by atoms with E-state index in [-0.39, 0.29) is 0 Å². The zero-order valence-electron chi connectivity index (χ0n) is 34.3. The highest BCUT2D eigenvalue weighted by Gasteiger charge is 2.13. The Balaban J connectivity index is 1.68. The molecule has 0 bridgehead atoms. The lowest BCUT2D eigenvalue weighted by atomic mass is 9.94. The molecule has 57 heavy (non-hydrogen) atoms. The van der Waals surface area contributed by atoms with Crippen molar-refractivity contribution in [1.29, 1.82) is 0 Å². The number of unbranched alkanes of at least 4 members (excludes halogenated alkanes) is 4. The summed E-state index contributed by atoms with van der Waals surface area (Å²) in [7, 11) is 0. The van der Waals surface area contributed by atoms with Gasteiger partial charge in [0.15, 0.2) is 0 Å². The zero-order chi connectivity index (χ0) is 41.4. The third-order valence-corrected chi connectivity index (χ3v) is 9.70. The lowest BCUT2D eigenvalue weighted by Gasteiger charge is -2.17. The number of allylic oxidation sites excluding steroid dienone is 14. The van der Waals surface area contributed by atoms with Crippen LogP contribution in [0.1, 0.15) is 81.0 Å². The Labute approximate surface area is 348 Å². The number of rotatable bonds is 24. The summed E-state index contributed by atoms with van der Waals surface area (Å²) in [5, 5.41) is 16.7. The summed E-state index contributed by atoms with van der Waals surface area (Å²) in [5.74, 6) is 2.45. The van der Waals surface area contributed by atoms with Crippen LogP contribution in [0.4, 0.5) is 0 Å². The van der Waals surface area contributed by atoms with Gasteiger partial charge in [0.1, 0.15) is 11.5 Å². The highest BCUT2D eigenvalue weighted by Crippen LogP contribution is 2.33. The van der Waals surface area contributed by atoms with Crippen LogP contribution in [-0.4, -0.2) is 30.6 Å². The minimum Gasteiger partial charge on any atom is -0.457 e. The summed E-state index contributed by atoms with van der Waals surface area (Å²) >= 11 is 4.37. The first-order valence-corrected chi connectivity index (χ1v) is 20.3. The van der Waals surface area contributed by atoms with Gasteiger partial charge in [-0.3, -0.25) is 0 Å². The highest BCUT2D eigenvalue weighted by atomic mass is 32.1. The average molecular weight is 777 g/mol. The van der Waals surface area contributed by atoms with E-state index in [0.29, 0.717) is 35.0 Å². The fourth-order valence-electron chi connectivity index (χ4n) is 5.61. The van der Waals surface area contributed by atoms with Gasteiger partial charge in [-0.2, -0.15) is 33.0 Å². The van der Waals surface area contributed by atoms with Crippen LogP contribution in [0.25, 0.3) is 5.57 Å². The van der Waals surface area contributed by atoms with Gasteiger partial charge in [-0.15, -0.1) is 0 Å². The topological polar surface area (TPSA) is 58.7 Å². The number of hydrogen-bond acceptors (Lipinski definition) is 6. The molecule has 2 aromatic carbocycles. The molecule has 0 amide bonds. The van der Waals surface area contributed by atoms with E-state index in [4.69, 9.17) is 4.74 Å². The molecule has 0 aromatic heterocycles. The SMILES string of the molecule is C=C\C(=C/C=C(C)/C=N/N=C/C1=CCC(CS)C=C1)C(=C)Cc1ccc(OC(=C)C(=C)/C=C\C(=C)/C=N/N=C/c2ccc(C)cc2)c(C(=C)CCCCCCC)c1. The maximum atomic E-state index is 6.36. The molecule has 1 atom stereocenters. The Hall–Kier alpha value is -5.59. The quantitative estimate of drug-likeness (QED) is 0.0283. The van der Waals surface area contributed by atoms with Gasteiger partial charge in [0.2, 0.25) is 0 Å². The Morgan fingerprint density at radius 3 is 2.32 bits per heavy atom. The molecular formula is C51H60N4OS. The summed E-state index contributed by atoms with van der Waals surface area (Å²) in [6.45, 7) is 31.6. The van der Waals surface area contributed by atoms with Crippen molar-refractivity contribution in [3.8, 4) is 5.75 Å². The van der Waals surface area contributed by atoms with E-state index in [1.54, 1.807) is 24.9 Å². The zero-order valence-corrected chi connectivity index (χ0v) is 35.2. The van der Waals surface area contributed by atoms with Crippen LogP contribution in [0.15, 0.2) is 190 Å². The van der Waals surface area contributed by atoms with Crippen molar-refractivity contribution in [2.24, 2.45) is 26.3 Å². The molecule has 1 aliphatic carbocycles. The average Bonchev–Trinajstić information content (AvgIpc) is 3.21. The van der Waals surface area contributed by atoms with Gasteiger partial charge in [0.25, 0.3) is 0 Å². The minimum atomic E-state index is 0.432. The van der Waals surface area contributed by atoms with Crippen LogP contribution in [0.2, 0.25) is 0 Å². The summed E-state index contributed by atoms with van der Waals surface area (Å²) in [4.78, 5) is 0. The molecule has 1 aliphatic rings. The highest BCUT2D eigenvalue weighted by molar-refractivity contribution is 7.80. The molecule has 0 aliphatic heterocycles. The van der Waals surface area contributed by atoms with Crippen molar-refractivity contribution < 1.29 is 4.74 Å². The smallest absolute Gasteiger partial charge is 0.134 e. The predicted octanol–water partition coefficient (Wildman–Crippen LogP) is 13.7. The van der Waals surface area contributed by atoms with E-state index in [2.05, 4.69) is 110 Å². The van der Waals surface area contributed by atoms with Crippen LogP contribution < -0.4 is 4.74 Å². The number of ether oxygens (including phenoxy) is 1. The summed E-state index contributed by atoms with van der Waals surface area (Å²) < 4.78 is 6.36. The number of nitrogens with zero attached hydrogens (tertiary/aromatic N) is 4. The van der Waals surface area contributed by atoms with Crippen LogP contribution in [0, 0.1) is 12.8 Å². The van der Waals surface area contributed by atoms with Gasteiger partial charge < -0.3 is 4.74 Å². The van der Waals surface area contributed by atoms with Crippen LogP contribution in [0.5, 0.6) is 5.75 Å². The fraction of sp³-hybridized carbons (Fsp3) is 0.255.